The van der Waals surface area contributed by atoms with E-state index in [0.717, 1.165) is 72.3 Å². The summed E-state index contributed by atoms with van der Waals surface area (Å²) in [4.78, 5) is 11.3. The fourth-order valence-corrected chi connectivity index (χ4v) is 7.24. The van der Waals surface area contributed by atoms with E-state index in [0.29, 0.717) is 66.1 Å². The SMILES string of the molecule is COc1cc(OCc2cccc(-c3cccc(CO)c3C)c2C)cc(OC)c1C=O.COc1cc(OCc2cccc(-c3cccc(CO)c3C)c2C)cc(OC)c1CN. The summed E-state index contributed by atoms with van der Waals surface area (Å²) in [7, 11) is 6.21. The number of hydrogen-bond acceptors (Lipinski definition) is 10. The van der Waals surface area contributed by atoms with Gasteiger partial charge < -0.3 is 44.4 Å². The molecule has 314 valence electrons. The van der Waals surface area contributed by atoms with Crippen molar-refractivity contribution in [2.24, 2.45) is 5.73 Å². The molecule has 60 heavy (non-hydrogen) atoms. The Morgan fingerprint density at radius 1 is 0.500 bits per heavy atom. The molecular formula is C50H55NO9. The van der Waals surface area contributed by atoms with Crippen molar-refractivity contribution in [1.29, 1.82) is 0 Å². The van der Waals surface area contributed by atoms with Gasteiger partial charge in [-0.25, -0.2) is 0 Å². The number of aliphatic hydroxyl groups excluding tert-OH is 2. The van der Waals surface area contributed by atoms with Gasteiger partial charge in [-0.1, -0.05) is 72.8 Å². The molecule has 0 aliphatic carbocycles. The van der Waals surface area contributed by atoms with Gasteiger partial charge in [-0.05, 0) is 94.5 Å². The lowest BCUT2D eigenvalue weighted by molar-refractivity contribution is 0.111. The van der Waals surface area contributed by atoms with Crippen molar-refractivity contribution in [2.75, 3.05) is 28.4 Å². The molecule has 0 aliphatic rings. The van der Waals surface area contributed by atoms with Gasteiger partial charge in [-0.15, -0.1) is 0 Å². The highest BCUT2D eigenvalue weighted by Crippen LogP contribution is 2.37. The lowest BCUT2D eigenvalue weighted by Crippen LogP contribution is -2.05. The second-order valence-electron chi connectivity index (χ2n) is 14.1. The molecule has 0 heterocycles. The van der Waals surface area contributed by atoms with Crippen molar-refractivity contribution in [3.05, 3.63) is 153 Å². The zero-order chi connectivity index (χ0) is 43.3. The smallest absolute Gasteiger partial charge is 0.157 e. The van der Waals surface area contributed by atoms with Crippen LogP contribution in [0.4, 0.5) is 0 Å². The predicted octanol–water partition coefficient (Wildman–Crippen LogP) is 9.39. The van der Waals surface area contributed by atoms with Crippen LogP contribution in [-0.4, -0.2) is 44.9 Å². The minimum absolute atomic E-state index is 0.0158. The zero-order valence-electron chi connectivity index (χ0n) is 35.7. The van der Waals surface area contributed by atoms with E-state index >= 15 is 0 Å². The lowest BCUT2D eigenvalue weighted by Gasteiger charge is -2.17. The van der Waals surface area contributed by atoms with E-state index in [2.05, 4.69) is 44.2 Å². The summed E-state index contributed by atoms with van der Waals surface area (Å²) >= 11 is 0. The summed E-state index contributed by atoms with van der Waals surface area (Å²) in [6.07, 6.45) is 0.706. The van der Waals surface area contributed by atoms with E-state index in [-0.39, 0.29) is 13.2 Å². The first-order chi connectivity index (χ1) is 29.1. The average Bonchev–Trinajstić information content (AvgIpc) is 3.28. The quantitative estimate of drug-likeness (QED) is 0.0811. The molecule has 0 spiro atoms. The number of methoxy groups -OCH3 is 4. The van der Waals surface area contributed by atoms with Crippen LogP contribution in [0, 0.1) is 27.7 Å². The van der Waals surface area contributed by atoms with Gasteiger partial charge in [0.25, 0.3) is 0 Å². The molecule has 0 saturated heterocycles. The molecule has 10 heteroatoms. The first kappa shape index (κ1) is 44.8. The maximum atomic E-state index is 11.3. The van der Waals surface area contributed by atoms with Gasteiger partial charge in [-0.2, -0.15) is 0 Å². The van der Waals surface area contributed by atoms with Gasteiger partial charge >= 0.3 is 0 Å². The second-order valence-corrected chi connectivity index (χ2v) is 14.1. The van der Waals surface area contributed by atoms with E-state index < -0.39 is 0 Å². The molecule has 6 rings (SSSR count). The summed E-state index contributed by atoms with van der Waals surface area (Å²) in [5, 5.41) is 19.2. The van der Waals surface area contributed by atoms with Crippen molar-refractivity contribution in [3.63, 3.8) is 0 Å². The highest BCUT2D eigenvalue weighted by atomic mass is 16.5. The molecule has 0 unspecified atom stereocenters. The Kier molecular flexibility index (Phi) is 15.7. The van der Waals surface area contributed by atoms with Crippen LogP contribution in [0.1, 0.15) is 60.4 Å². The highest BCUT2D eigenvalue weighted by molar-refractivity contribution is 5.84. The fourth-order valence-electron chi connectivity index (χ4n) is 7.24. The molecule has 0 radical (unpaired) electrons. The third-order valence-electron chi connectivity index (χ3n) is 10.9. The van der Waals surface area contributed by atoms with E-state index in [1.54, 1.807) is 26.4 Å². The summed E-state index contributed by atoms with van der Waals surface area (Å²) in [6, 6.07) is 31.3. The van der Waals surface area contributed by atoms with Crippen LogP contribution in [0.15, 0.2) is 97.1 Å². The number of hydrogen-bond donors (Lipinski definition) is 3. The third-order valence-corrected chi connectivity index (χ3v) is 10.9. The van der Waals surface area contributed by atoms with Crippen LogP contribution in [0.5, 0.6) is 34.5 Å². The van der Waals surface area contributed by atoms with Crippen molar-refractivity contribution < 1.29 is 43.4 Å². The number of rotatable bonds is 16. The monoisotopic (exact) mass is 813 g/mol. The van der Waals surface area contributed by atoms with Crippen LogP contribution in [0.2, 0.25) is 0 Å². The number of aliphatic hydroxyl groups is 2. The Bertz CT molecular complexity index is 2370. The van der Waals surface area contributed by atoms with Crippen LogP contribution < -0.4 is 34.2 Å². The Morgan fingerprint density at radius 2 is 0.817 bits per heavy atom. The normalized spacial score (nSPS) is 10.7. The summed E-state index contributed by atoms with van der Waals surface area (Å²) in [5.74, 6) is 3.31. The van der Waals surface area contributed by atoms with Gasteiger partial charge in [0.05, 0.1) is 47.2 Å². The standard InChI is InChI=1S/C25H29NO4.C25H26O5/c1-16-18(14-27)7-5-9-21(16)22-10-6-8-19(17(22)2)15-30-20-11-24(28-3)23(13-26)25(12-20)29-4;1-16-18(13-26)7-5-9-21(16)22-10-6-8-19(17(22)2)15-30-20-11-24(28-3)23(14-27)25(12-20)29-4/h5-12,27H,13-15,26H2,1-4H3;5-12,14,26H,13,15H2,1-4H3. The van der Waals surface area contributed by atoms with Crippen LogP contribution in [0.3, 0.4) is 0 Å². The van der Waals surface area contributed by atoms with Gasteiger partial charge in [0.1, 0.15) is 47.7 Å². The molecule has 0 aliphatic heterocycles. The Balaban J connectivity index is 0.000000228. The van der Waals surface area contributed by atoms with Crippen molar-refractivity contribution in [1.82, 2.24) is 0 Å². The van der Waals surface area contributed by atoms with E-state index in [4.69, 9.17) is 34.2 Å². The molecule has 10 nitrogen and oxygen atoms in total. The van der Waals surface area contributed by atoms with Gasteiger partial charge in [0.2, 0.25) is 0 Å². The molecule has 0 saturated carbocycles. The molecule has 0 atom stereocenters. The van der Waals surface area contributed by atoms with Crippen molar-refractivity contribution >= 4 is 6.29 Å². The topological polar surface area (TPSA) is 139 Å². The van der Waals surface area contributed by atoms with Gasteiger partial charge in [0, 0.05) is 36.4 Å². The summed E-state index contributed by atoms with van der Waals surface area (Å²) in [6.45, 7) is 9.36. The van der Waals surface area contributed by atoms with Crippen LogP contribution in [-0.2, 0) is 33.0 Å². The number of ether oxygens (including phenoxy) is 6. The summed E-state index contributed by atoms with van der Waals surface area (Å²) < 4.78 is 33.6. The number of carbonyl (C=O) groups excluding carboxylic acids is 1. The average molecular weight is 814 g/mol. The van der Waals surface area contributed by atoms with E-state index in [1.165, 1.54) is 14.2 Å². The molecule has 0 fully saturated rings. The molecule has 4 N–H and O–H groups in total. The van der Waals surface area contributed by atoms with Crippen LogP contribution in [0.25, 0.3) is 22.3 Å². The van der Waals surface area contributed by atoms with Gasteiger partial charge in [-0.3, -0.25) is 4.79 Å². The predicted molar refractivity (Wildman–Crippen MR) is 236 cm³/mol. The molecule has 0 aromatic heterocycles. The number of carbonyl (C=O) groups is 1. The molecule has 0 amide bonds. The summed E-state index contributed by atoms with van der Waals surface area (Å²) in [5.41, 5.74) is 19.8. The minimum Gasteiger partial charge on any atom is -0.496 e. The first-order valence-electron chi connectivity index (χ1n) is 19.6. The third kappa shape index (κ3) is 9.92. The fraction of sp³-hybridized carbons (Fsp3) is 0.260. The number of nitrogens with two attached hydrogens (primary N) is 1. The van der Waals surface area contributed by atoms with E-state index in [1.807, 2.05) is 68.4 Å². The Hall–Kier alpha value is -6.33. The van der Waals surface area contributed by atoms with Crippen molar-refractivity contribution in [2.45, 2.75) is 60.7 Å². The maximum Gasteiger partial charge on any atom is 0.157 e. The maximum absolute atomic E-state index is 11.3. The zero-order valence-corrected chi connectivity index (χ0v) is 35.7. The largest absolute Gasteiger partial charge is 0.496 e. The molecular weight excluding hydrogens is 759 g/mol. The second kappa shape index (κ2) is 21.1. The number of aldehydes is 1. The number of benzene rings is 6. The van der Waals surface area contributed by atoms with E-state index in [9.17, 15) is 15.0 Å². The highest BCUT2D eigenvalue weighted by Gasteiger charge is 2.16. The van der Waals surface area contributed by atoms with Crippen molar-refractivity contribution in [3.8, 4) is 56.8 Å². The lowest BCUT2D eigenvalue weighted by atomic mass is 9.92. The Labute approximate surface area is 353 Å². The molecule has 0 bridgehead atoms. The Morgan fingerprint density at radius 3 is 1.12 bits per heavy atom. The van der Waals surface area contributed by atoms with Crippen LogP contribution >= 0.6 is 0 Å². The van der Waals surface area contributed by atoms with Gasteiger partial charge in [0.15, 0.2) is 6.29 Å². The molecule has 6 aromatic carbocycles. The first-order valence-corrected chi connectivity index (χ1v) is 19.6. The minimum atomic E-state index is 0.0158. The molecule has 6 aromatic rings.